The van der Waals surface area contributed by atoms with E-state index < -0.39 is 0 Å². The average Bonchev–Trinajstić information content (AvgIpc) is 3.22. The van der Waals surface area contributed by atoms with Gasteiger partial charge in [0, 0.05) is 17.5 Å². The smallest absolute Gasteiger partial charge is 0.263 e. The summed E-state index contributed by atoms with van der Waals surface area (Å²) in [7, 11) is 0. The number of nitrogens with zero attached hydrogens (tertiary/aromatic N) is 2. The molecule has 0 saturated heterocycles. The number of benzene rings is 2. The van der Waals surface area contributed by atoms with Crippen molar-refractivity contribution in [1.29, 1.82) is 0 Å². The zero-order valence-electron chi connectivity index (χ0n) is 17.6. The minimum Gasteiger partial charge on any atom is -0.324 e. The third-order valence-electron chi connectivity index (χ3n) is 4.89. The highest BCUT2D eigenvalue weighted by Crippen LogP contribution is 2.33. The first-order chi connectivity index (χ1) is 15.9. The van der Waals surface area contributed by atoms with E-state index in [2.05, 4.69) is 11.9 Å². The second-order valence-electron chi connectivity index (χ2n) is 7.23. The van der Waals surface area contributed by atoms with Crippen molar-refractivity contribution in [2.75, 3.05) is 11.1 Å². The van der Waals surface area contributed by atoms with Gasteiger partial charge in [-0.2, -0.15) is 0 Å². The van der Waals surface area contributed by atoms with E-state index in [1.54, 1.807) is 28.8 Å². The number of carbonyl (C=O) groups excluding carboxylic acids is 1. The molecule has 168 valence electrons. The van der Waals surface area contributed by atoms with Crippen molar-refractivity contribution in [3.8, 4) is 11.1 Å². The Morgan fingerprint density at radius 2 is 2.00 bits per heavy atom. The maximum absolute atomic E-state index is 13.4. The Morgan fingerprint density at radius 1 is 1.24 bits per heavy atom. The van der Waals surface area contributed by atoms with Crippen LogP contribution in [0.1, 0.15) is 5.56 Å². The molecule has 1 amide bonds. The summed E-state index contributed by atoms with van der Waals surface area (Å²) in [6.07, 6.45) is 1.64. The average molecular weight is 516 g/mol. The highest BCUT2D eigenvalue weighted by molar-refractivity contribution is 7.99. The van der Waals surface area contributed by atoms with Gasteiger partial charge in [0.15, 0.2) is 5.16 Å². The molecular formula is C24H19Cl2N3O2S2. The van der Waals surface area contributed by atoms with Gasteiger partial charge in [0.25, 0.3) is 5.56 Å². The van der Waals surface area contributed by atoms with Gasteiger partial charge in [-0.05, 0) is 24.6 Å². The first-order valence-electron chi connectivity index (χ1n) is 9.95. The van der Waals surface area contributed by atoms with Crippen molar-refractivity contribution >= 4 is 68.1 Å². The van der Waals surface area contributed by atoms with Crippen LogP contribution in [0.15, 0.2) is 70.5 Å². The molecule has 33 heavy (non-hydrogen) atoms. The summed E-state index contributed by atoms with van der Waals surface area (Å²) in [5, 5.41) is 6.36. The number of hydrogen-bond acceptors (Lipinski definition) is 5. The van der Waals surface area contributed by atoms with Crippen LogP contribution < -0.4 is 10.9 Å². The quantitative estimate of drug-likeness (QED) is 0.170. The summed E-state index contributed by atoms with van der Waals surface area (Å²) < 4.78 is 1.55. The van der Waals surface area contributed by atoms with Crippen molar-refractivity contribution in [2.45, 2.75) is 18.6 Å². The summed E-state index contributed by atoms with van der Waals surface area (Å²) in [4.78, 5) is 31.3. The molecule has 0 fully saturated rings. The SMILES string of the molecule is C=CCn1c(SCC(=O)Nc2cccc(Cl)c2Cl)nc2scc(-c3ccc(C)cc3)c2c1=O. The van der Waals surface area contributed by atoms with Gasteiger partial charge in [0.1, 0.15) is 4.83 Å². The van der Waals surface area contributed by atoms with Gasteiger partial charge in [-0.25, -0.2) is 4.98 Å². The molecule has 1 N–H and O–H groups in total. The first kappa shape index (κ1) is 23.6. The number of fused-ring (bicyclic) bond motifs is 1. The summed E-state index contributed by atoms with van der Waals surface area (Å²) in [5.41, 5.74) is 3.25. The molecule has 2 aromatic carbocycles. The van der Waals surface area contributed by atoms with E-state index in [1.165, 1.54) is 23.1 Å². The Bertz CT molecular complexity index is 1410. The number of thiophene rings is 1. The van der Waals surface area contributed by atoms with Gasteiger partial charge < -0.3 is 5.32 Å². The lowest BCUT2D eigenvalue weighted by molar-refractivity contribution is -0.113. The Hall–Kier alpha value is -2.58. The number of allylic oxidation sites excluding steroid dienone is 1. The van der Waals surface area contributed by atoms with Gasteiger partial charge >= 0.3 is 0 Å². The molecule has 0 aliphatic heterocycles. The van der Waals surface area contributed by atoms with Gasteiger partial charge in [0.2, 0.25) is 5.91 Å². The molecule has 2 aromatic heterocycles. The highest BCUT2D eigenvalue weighted by Gasteiger charge is 2.18. The van der Waals surface area contributed by atoms with Crippen molar-refractivity contribution in [1.82, 2.24) is 9.55 Å². The monoisotopic (exact) mass is 515 g/mol. The number of halogens is 2. The van der Waals surface area contributed by atoms with E-state index in [-0.39, 0.29) is 28.8 Å². The maximum Gasteiger partial charge on any atom is 0.263 e. The van der Waals surface area contributed by atoms with E-state index >= 15 is 0 Å². The minimum absolute atomic E-state index is 0.0497. The predicted molar refractivity (Wildman–Crippen MR) is 140 cm³/mol. The molecule has 0 unspecified atom stereocenters. The second kappa shape index (κ2) is 10.1. The van der Waals surface area contributed by atoms with Crippen LogP contribution in [0.25, 0.3) is 21.3 Å². The molecule has 9 heteroatoms. The van der Waals surface area contributed by atoms with Crippen LogP contribution >= 0.6 is 46.3 Å². The minimum atomic E-state index is -0.282. The number of rotatable bonds is 7. The fourth-order valence-corrected chi connectivity index (χ4v) is 5.41. The number of amides is 1. The van der Waals surface area contributed by atoms with Crippen LogP contribution in [0.2, 0.25) is 10.0 Å². The van der Waals surface area contributed by atoms with Crippen LogP contribution in [0.3, 0.4) is 0 Å². The van der Waals surface area contributed by atoms with E-state index in [0.717, 1.165) is 16.7 Å². The zero-order valence-corrected chi connectivity index (χ0v) is 20.7. The molecule has 4 rings (SSSR count). The van der Waals surface area contributed by atoms with Crippen molar-refractivity contribution in [3.05, 3.63) is 86.5 Å². The van der Waals surface area contributed by atoms with Crippen LogP contribution in [0.5, 0.6) is 0 Å². The highest BCUT2D eigenvalue weighted by atomic mass is 35.5. The summed E-state index contributed by atoms with van der Waals surface area (Å²) >= 11 is 14.8. The third kappa shape index (κ3) is 5.01. The summed E-state index contributed by atoms with van der Waals surface area (Å²) in [6.45, 7) is 6.07. The molecule has 0 saturated carbocycles. The van der Waals surface area contributed by atoms with E-state index in [9.17, 15) is 9.59 Å². The van der Waals surface area contributed by atoms with Crippen molar-refractivity contribution < 1.29 is 4.79 Å². The lowest BCUT2D eigenvalue weighted by Gasteiger charge is -2.11. The maximum atomic E-state index is 13.4. The van der Waals surface area contributed by atoms with Gasteiger partial charge in [-0.3, -0.25) is 14.2 Å². The van der Waals surface area contributed by atoms with E-state index in [4.69, 9.17) is 28.2 Å². The van der Waals surface area contributed by atoms with Crippen molar-refractivity contribution in [2.24, 2.45) is 0 Å². The van der Waals surface area contributed by atoms with Crippen LogP contribution in [0.4, 0.5) is 5.69 Å². The first-order valence-corrected chi connectivity index (χ1v) is 12.6. The van der Waals surface area contributed by atoms with Crippen LogP contribution in [0, 0.1) is 6.92 Å². The molecule has 5 nitrogen and oxygen atoms in total. The number of nitrogens with one attached hydrogen (secondary N) is 1. The molecule has 0 aliphatic rings. The topological polar surface area (TPSA) is 64.0 Å². The molecule has 0 bridgehead atoms. The molecular weight excluding hydrogens is 497 g/mol. The Labute approximate surface area is 209 Å². The van der Waals surface area contributed by atoms with Crippen molar-refractivity contribution in [3.63, 3.8) is 0 Å². The number of anilines is 1. The molecule has 0 radical (unpaired) electrons. The molecule has 0 atom stereocenters. The Morgan fingerprint density at radius 3 is 2.73 bits per heavy atom. The molecule has 0 spiro atoms. The summed E-state index contributed by atoms with van der Waals surface area (Å²) in [6, 6.07) is 13.1. The molecule has 2 heterocycles. The Balaban J connectivity index is 1.63. The largest absolute Gasteiger partial charge is 0.324 e. The zero-order chi connectivity index (χ0) is 23.5. The lowest BCUT2D eigenvalue weighted by Crippen LogP contribution is -2.23. The number of carbonyl (C=O) groups is 1. The van der Waals surface area contributed by atoms with Gasteiger partial charge in [-0.15, -0.1) is 17.9 Å². The standard InChI is InChI=1S/C24H19Cl2N3O2S2/c1-3-11-29-23(31)20-16(15-9-7-14(2)8-10-15)12-32-22(20)28-24(29)33-13-19(30)27-18-6-4-5-17(25)21(18)26/h3-10,12H,1,11,13H2,2H3,(H,27,30). The fraction of sp³-hybridized carbons (Fsp3) is 0.125. The van der Waals surface area contributed by atoms with Gasteiger partial charge in [-0.1, -0.05) is 76.9 Å². The fourth-order valence-electron chi connectivity index (χ4n) is 3.27. The normalized spacial score (nSPS) is 11.0. The van der Waals surface area contributed by atoms with E-state index in [0.29, 0.717) is 26.1 Å². The molecule has 4 aromatic rings. The lowest BCUT2D eigenvalue weighted by atomic mass is 10.1. The third-order valence-corrected chi connectivity index (χ3v) is 7.56. The van der Waals surface area contributed by atoms with Crippen LogP contribution in [-0.4, -0.2) is 21.2 Å². The van der Waals surface area contributed by atoms with E-state index in [1.807, 2.05) is 36.6 Å². The van der Waals surface area contributed by atoms with Gasteiger partial charge in [0.05, 0.1) is 26.9 Å². The Kier molecular flexibility index (Phi) is 7.24. The number of aromatic nitrogens is 2. The number of aryl methyl sites for hydroxylation is 1. The number of hydrogen-bond donors (Lipinski definition) is 1. The predicted octanol–water partition coefficient (Wildman–Crippen LogP) is 6.66. The number of thioether (sulfide) groups is 1. The van der Waals surface area contributed by atoms with Crippen LogP contribution in [-0.2, 0) is 11.3 Å². The molecule has 0 aliphatic carbocycles. The summed E-state index contributed by atoms with van der Waals surface area (Å²) in [5.74, 6) is -0.233. The second-order valence-corrected chi connectivity index (χ2v) is 9.82.